The highest BCUT2D eigenvalue weighted by Crippen LogP contribution is 2.24. The predicted octanol–water partition coefficient (Wildman–Crippen LogP) is 3.05. The molecule has 128 valence electrons. The van der Waals surface area contributed by atoms with E-state index in [0.717, 1.165) is 30.2 Å². The number of aromatic nitrogens is 1. The Morgan fingerprint density at radius 2 is 2.08 bits per heavy atom. The molecule has 0 bridgehead atoms. The molecule has 1 atom stereocenters. The van der Waals surface area contributed by atoms with Crippen LogP contribution in [0.15, 0.2) is 35.8 Å². The van der Waals surface area contributed by atoms with E-state index < -0.39 is 6.36 Å². The van der Waals surface area contributed by atoms with Gasteiger partial charge in [0.1, 0.15) is 5.75 Å². The zero-order chi connectivity index (χ0) is 17.2. The van der Waals surface area contributed by atoms with Gasteiger partial charge < -0.3 is 15.0 Å². The number of nitrogens with one attached hydrogen (secondary N) is 1. The molecule has 1 saturated heterocycles. The van der Waals surface area contributed by atoms with Gasteiger partial charge in [0.05, 0.1) is 0 Å². The van der Waals surface area contributed by atoms with Crippen LogP contribution in [0.2, 0.25) is 0 Å². The molecular formula is C15H14F3N3O2S. The van der Waals surface area contributed by atoms with Crippen LogP contribution in [0.4, 0.5) is 18.3 Å². The number of nitrogens with zero attached hydrogens (tertiary/aromatic N) is 2. The Hall–Kier alpha value is -2.29. The lowest BCUT2D eigenvalue weighted by atomic mass is 10.2. The molecule has 9 heteroatoms. The molecule has 2 heterocycles. The summed E-state index contributed by atoms with van der Waals surface area (Å²) in [7, 11) is 0. The second-order valence-corrected chi connectivity index (χ2v) is 6.16. The maximum Gasteiger partial charge on any atom is 0.573 e. The molecule has 1 unspecified atom stereocenters. The molecule has 1 aliphatic rings. The van der Waals surface area contributed by atoms with Crippen molar-refractivity contribution in [3.63, 3.8) is 0 Å². The van der Waals surface area contributed by atoms with E-state index in [1.165, 1.54) is 23.5 Å². The van der Waals surface area contributed by atoms with Crippen LogP contribution in [-0.2, 0) is 0 Å². The third-order valence-electron chi connectivity index (χ3n) is 3.56. The minimum atomic E-state index is -4.74. The van der Waals surface area contributed by atoms with Crippen LogP contribution < -0.4 is 15.0 Å². The first-order chi connectivity index (χ1) is 11.4. The van der Waals surface area contributed by atoms with E-state index in [4.69, 9.17) is 0 Å². The highest BCUT2D eigenvalue weighted by Gasteiger charge is 2.31. The molecular weight excluding hydrogens is 343 g/mol. The van der Waals surface area contributed by atoms with Gasteiger partial charge in [-0.1, -0.05) is 0 Å². The van der Waals surface area contributed by atoms with E-state index in [-0.39, 0.29) is 23.3 Å². The van der Waals surface area contributed by atoms with Gasteiger partial charge >= 0.3 is 6.36 Å². The minimum absolute atomic E-state index is 0.0208. The Balaban J connectivity index is 1.55. The maximum atomic E-state index is 12.2. The van der Waals surface area contributed by atoms with Crippen LogP contribution in [0.3, 0.4) is 0 Å². The molecule has 5 nitrogen and oxygen atoms in total. The highest BCUT2D eigenvalue weighted by molar-refractivity contribution is 7.13. The number of ether oxygens (including phenoxy) is 1. The first-order valence-corrected chi connectivity index (χ1v) is 8.10. The third-order valence-corrected chi connectivity index (χ3v) is 4.40. The first-order valence-electron chi connectivity index (χ1n) is 7.22. The second kappa shape index (κ2) is 6.68. The summed E-state index contributed by atoms with van der Waals surface area (Å²) in [6.45, 7) is 1.46. The summed E-state index contributed by atoms with van der Waals surface area (Å²) in [6.07, 6.45) is -2.22. The molecule has 24 heavy (non-hydrogen) atoms. The zero-order valence-electron chi connectivity index (χ0n) is 12.4. The quantitative estimate of drug-likeness (QED) is 0.914. The molecule has 0 saturated carbocycles. The van der Waals surface area contributed by atoms with Gasteiger partial charge in [-0.2, -0.15) is 0 Å². The maximum absolute atomic E-state index is 12.2. The molecule has 1 aromatic carbocycles. The Morgan fingerprint density at radius 3 is 2.71 bits per heavy atom. The largest absolute Gasteiger partial charge is 0.573 e. The Kier molecular flexibility index (Phi) is 4.61. The van der Waals surface area contributed by atoms with E-state index >= 15 is 0 Å². The van der Waals surface area contributed by atoms with Crippen LogP contribution in [0.1, 0.15) is 16.8 Å². The number of rotatable bonds is 4. The molecule has 1 N–H and O–H groups in total. The van der Waals surface area contributed by atoms with Gasteiger partial charge in [0.2, 0.25) is 0 Å². The summed E-state index contributed by atoms with van der Waals surface area (Å²) >= 11 is 1.54. The summed E-state index contributed by atoms with van der Waals surface area (Å²) in [5.74, 6) is -0.672. The highest BCUT2D eigenvalue weighted by atomic mass is 32.1. The van der Waals surface area contributed by atoms with Gasteiger partial charge in [0.15, 0.2) is 5.13 Å². The molecule has 1 aliphatic heterocycles. The van der Waals surface area contributed by atoms with Crippen molar-refractivity contribution < 1.29 is 22.7 Å². The van der Waals surface area contributed by atoms with E-state index in [1.54, 1.807) is 6.20 Å². The number of hydrogen-bond donors (Lipinski definition) is 1. The lowest BCUT2D eigenvalue weighted by molar-refractivity contribution is -0.274. The van der Waals surface area contributed by atoms with Gasteiger partial charge in [-0.15, -0.1) is 24.5 Å². The van der Waals surface area contributed by atoms with Crippen molar-refractivity contribution in [3.05, 3.63) is 41.4 Å². The minimum Gasteiger partial charge on any atom is -0.406 e. The van der Waals surface area contributed by atoms with Crippen molar-refractivity contribution in [2.45, 2.75) is 18.8 Å². The normalized spacial score (nSPS) is 17.8. The molecule has 1 amide bonds. The number of carbonyl (C=O) groups is 1. The van der Waals surface area contributed by atoms with E-state index in [9.17, 15) is 18.0 Å². The van der Waals surface area contributed by atoms with Crippen LogP contribution in [0, 0.1) is 0 Å². The van der Waals surface area contributed by atoms with Gasteiger partial charge in [0.25, 0.3) is 5.91 Å². The molecule has 1 aromatic heterocycles. The lowest BCUT2D eigenvalue weighted by Crippen LogP contribution is -2.37. The van der Waals surface area contributed by atoms with Gasteiger partial charge in [-0.3, -0.25) is 4.79 Å². The monoisotopic (exact) mass is 357 g/mol. The summed E-state index contributed by atoms with van der Waals surface area (Å²) in [6, 6.07) is 4.85. The second-order valence-electron chi connectivity index (χ2n) is 5.29. The van der Waals surface area contributed by atoms with Crippen molar-refractivity contribution in [1.29, 1.82) is 0 Å². The van der Waals surface area contributed by atoms with Gasteiger partial charge in [0, 0.05) is 36.3 Å². The van der Waals surface area contributed by atoms with Crippen LogP contribution in [-0.4, -0.2) is 36.4 Å². The summed E-state index contributed by atoms with van der Waals surface area (Å²) in [5, 5.41) is 5.70. The molecule has 3 rings (SSSR count). The van der Waals surface area contributed by atoms with Crippen LogP contribution in [0.5, 0.6) is 5.75 Å². The van der Waals surface area contributed by atoms with E-state index in [1.807, 2.05) is 5.38 Å². The number of carbonyl (C=O) groups excluding carboxylic acids is 1. The zero-order valence-corrected chi connectivity index (χ0v) is 13.2. The predicted molar refractivity (Wildman–Crippen MR) is 83.3 cm³/mol. The fourth-order valence-electron chi connectivity index (χ4n) is 2.50. The first kappa shape index (κ1) is 16.6. The molecule has 0 aliphatic carbocycles. The molecule has 1 fully saturated rings. The Labute approximate surface area is 140 Å². The topological polar surface area (TPSA) is 54.5 Å². The number of halogens is 3. The average molecular weight is 357 g/mol. The Bertz CT molecular complexity index is 689. The fourth-order valence-corrected chi connectivity index (χ4v) is 3.18. The SMILES string of the molecule is O=C(NC1CCN(c2nccs2)C1)c1ccc(OC(F)(F)F)cc1. The number of alkyl halides is 3. The van der Waals surface area contributed by atoms with Gasteiger partial charge in [-0.25, -0.2) is 4.98 Å². The molecule has 2 aromatic rings. The van der Waals surface area contributed by atoms with Crippen molar-refractivity contribution in [3.8, 4) is 5.75 Å². The number of anilines is 1. The van der Waals surface area contributed by atoms with E-state index in [0.29, 0.717) is 6.54 Å². The van der Waals surface area contributed by atoms with Gasteiger partial charge in [-0.05, 0) is 30.7 Å². The molecule has 0 spiro atoms. The van der Waals surface area contributed by atoms with Crippen LogP contribution in [0.25, 0.3) is 0 Å². The third kappa shape index (κ3) is 4.16. The Morgan fingerprint density at radius 1 is 1.33 bits per heavy atom. The van der Waals surface area contributed by atoms with Crippen molar-refractivity contribution >= 4 is 22.4 Å². The lowest BCUT2D eigenvalue weighted by Gasteiger charge is -2.16. The standard InChI is InChI=1S/C15H14F3N3O2S/c16-15(17,18)23-12-3-1-10(2-4-12)13(22)20-11-5-7-21(9-11)14-19-6-8-24-14/h1-4,6,8,11H,5,7,9H2,(H,20,22). The smallest absolute Gasteiger partial charge is 0.406 e. The number of hydrogen-bond acceptors (Lipinski definition) is 5. The van der Waals surface area contributed by atoms with Crippen LogP contribution >= 0.6 is 11.3 Å². The van der Waals surface area contributed by atoms with Crippen molar-refractivity contribution in [1.82, 2.24) is 10.3 Å². The number of benzene rings is 1. The average Bonchev–Trinajstić information content (AvgIpc) is 3.16. The number of thiazole rings is 1. The van der Waals surface area contributed by atoms with Crippen molar-refractivity contribution in [2.24, 2.45) is 0 Å². The summed E-state index contributed by atoms with van der Waals surface area (Å²) < 4.78 is 40.1. The van der Waals surface area contributed by atoms with Crippen molar-refractivity contribution in [2.75, 3.05) is 18.0 Å². The fraction of sp³-hybridized carbons (Fsp3) is 0.333. The van der Waals surface area contributed by atoms with E-state index in [2.05, 4.69) is 19.9 Å². The number of amides is 1. The summed E-state index contributed by atoms with van der Waals surface area (Å²) in [5.41, 5.74) is 0.289. The molecule has 0 radical (unpaired) electrons. The summed E-state index contributed by atoms with van der Waals surface area (Å²) in [4.78, 5) is 18.5.